The number of carbonyl (C=O) groups is 1. The summed E-state index contributed by atoms with van der Waals surface area (Å²) < 4.78 is 10.2. The molecule has 0 aliphatic heterocycles. The molecule has 0 bridgehead atoms. The van der Waals surface area contributed by atoms with E-state index in [4.69, 9.17) is 9.47 Å². The predicted molar refractivity (Wildman–Crippen MR) is 95.6 cm³/mol. The Balaban J connectivity index is 2.30. The van der Waals surface area contributed by atoms with E-state index in [1.165, 1.54) is 0 Å². The largest absolute Gasteiger partial charge is 0.497 e. The summed E-state index contributed by atoms with van der Waals surface area (Å²) in [5.74, 6) is 0.458. The number of ether oxygens (including phenoxy) is 2. The number of esters is 1. The van der Waals surface area contributed by atoms with E-state index in [-0.39, 0.29) is 12.4 Å². The summed E-state index contributed by atoms with van der Waals surface area (Å²) in [5.41, 5.74) is 2.43. The fraction of sp³-hybridized carbons (Fsp3) is 0.263. The van der Waals surface area contributed by atoms with Crippen molar-refractivity contribution in [1.82, 2.24) is 0 Å². The fourth-order valence-electron chi connectivity index (χ4n) is 2.21. The van der Waals surface area contributed by atoms with Crippen LogP contribution in [0, 0.1) is 0 Å². The zero-order valence-electron chi connectivity index (χ0n) is 14.2. The SMILES string of the molecule is CCOC(=O)C/C(=N\N(C)c1ccccc1)c1ccc(OC)cc1. The van der Waals surface area contributed by atoms with Crippen molar-refractivity contribution in [3.63, 3.8) is 0 Å². The Hall–Kier alpha value is -2.82. The molecule has 0 fully saturated rings. The lowest BCUT2D eigenvalue weighted by Gasteiger charge is -2.16. The molecule has 0 heterocycles. The predicted octanol–water partition coefficient (Wildman–Crippen LogP) is 3.49. The van der Waals surface area contributed by atoms with Gasteiger partial charge in [-0.25, -0.2) is 0 Å². The highest BCUT2D eigenvalue weighted by Crippen LogP contribution is 2.17. The van der Waals surface area contributed by atoms with E-state index in [1.807, 2.05) is 61.6 Å². The van der Waals surface area contributed by atoms with Gasteiger partial charge in [-0.05, 0) is 48.9 Å². The summed E-state index contributed by atoms with van der Waals surface area (Å²) in [6.07, 6.45) is 0.108. The van der Waals surface area contributed by atoms with Crippen LogP contribution in [0.1, 0.15) is 18.9 Å². The minimum Gasteiger partial charge on any atom is -0.497 e. The molecule has 0 atom stereocenters. The van der Waals surface area contributed by atoms with Gasteiger partial charge in [-0.2, -0.15) is 5.10 Å². The van der Waals surface area contributed by atoms with Crippen LogP contribution in [-0.4, -0.2) is 32.4 Å². The first kappa shape index (κ1) is 17.5. The Bertz CT molecular complexity index is 682. The molecule has 0 unspecified atom stereocenters. The van der Waals surface area contributed by atoms with Gasteiger partial charge in [0, 0.05) is 7.05 Å². The van der Waals surface area contributed by atoms with E-state index in [1.54, 1.807) is 19.0 Å². The van der Waals surface area contributed by atoms with Gasteiger partial charge in [0.05, 0.1) is 31.5 Å². The molecule has 0 radical (unpaired) electrons. The molecule has 0 amide bonds. The highest BCUT2D eigenvalue weighted by atomic mass is 16.5. The smallest absolute Gasteiger partial charge is 0.311 e. The average molecular weight is 326 g/mol. The molecule has 2 aromatic carbocycles. The van der Waals surface area contributed by atoms with Gasteiger partial charge in [0.2, 0.25) is 0 Å². The summed E-state index contributed by atoms with van der Waals surface area (Å²) in [6, 6.07) is 17.2. The minimum atomic E-state index is -0.298. The third-order valence-electron chi connectivity index (χ3n) is 3.44. The van der Waals surface area contributed by atoms with Crippen LogP contribution < -0.4 is 9.75 Å². The van der Waals surface area contributed by atoms with Crippen LogP contribution in [0.25, 0.3) is 0 Å². The van der Waals surface area contributed by atoms with Gasteiger partial charge < -0.3 is 9.47 Å². The number of hydrogen-bond donors (Lipinski definition) is 0. The molecule has 5 heteroatoms. The maximum absolute atomic E-state index is 11.9. The number of methoxy groups -OCH3 is 1. The number of hydrazone groups is 1. The monoisotopic (exact) mass is 326 g/mol. The van der Waals surface area contributed by atoms with E-state index < -0.39 is 0 Å². The zero-order valence-corrected chi connectivity index (χ0v) is 14.2. The molecule has 0 saturated carbocycles. The van der Waals surface area contributed by atoms with E-state index in [0.717, 1.165) is 17.0 Å². The Morgan fingerprint density at radius 2 is 1.75 bits per heavy atom. The van der Waals surface area contributed by atoms with Crippen LogP contribution in [0.3, 0.4) is 0 Å². The van der Waals surface area contributed by atoms with Crippen LogP contribution in [0.5, 0.6) is 5.75 Å². The molecule has 0 spiro atoms. The Morgan fingerprint density at radius 1 is 1.08 bits per heavy atom. The third kappa shape index (κ3) is 4.84. The van der Waals surface area contributed by atoms with Gasteiger partial charge in [-0.15, -0.1) is 0 Å². The number of anilines is 1. The highest BCUT2D eigenvalue weighted by Gasteiger charge is 2.13. The van der Waals surface area contributed by atoms with Crippen LogP contribution in [0.4, 0.5) is 5.69 Å². The Kier molecular flexibility index (Phi) is 6.37. The number of nitrogens with zero attached hydrogens (tertiary/aromatic N) is 2. The average Bonchev–Trinajstić information content (AvgIpc) is 2.62. The summed E-state index contributed by atoms with van der Waals surface area (Å²) >= 11 is 0. The molecule has 0 saturated heterocycles. The summed E-state index contributed by atoms with van der Waals surface area (Å²) in [5, 5.41) is 6.35. The van der Waals surface area contributed by atoms with E-state index in [9.17, 15) is 4.79 Å². The summed E-state index contributed by atoms with van der Waals surface area (Å²) in [4.78, 5) is 11.9. The number of para-hydroxylation sites is 1. The quantitative estimate of drug-likeness (QED) is 0.444. The van der Waals surface area contributed by atoms with Gasteiger partial charge in [0.25, 0.3) is 0 Å². The number of rotatable bonds is 7. The van der Waals surface area contributed by atoms with Crippen LogP contribution in [0.15, 0.2) is 59.7 Å². The molecule has 2 aromatic rings. The molecule has 2 rings (SSSR count). The van der Waals surface area contributed by atoms with Gasteiger partial charge in [0.1, 0.15) is 5.75 Å². The standard InChI is InChI=1S/C19H22N2O3/c1-4-24-19(22)14-18(15-10-12-17(23-3)13-11-15)20-21(2)16-8-6-5-7-9-16/h5-13H,4,14H2,1-3H3/b20-18+. The Morgan fingerprint density at radius 3 is 2.33 bits per heavy atom. The van der Waals surface area contributed by atoms with Crippen molar-refractivity contribution in [2.75, 3.05) is 25.8 Å². The summed E-state index contributed by atoms with van der Waals surface area (Å²) in [6.45, 7) is 2.14. The zero-order chi connectivity index (χ0) is 17.4. The van der Waals surface area contributed by atoms with Crippen LogP contribution in [-0.2, 0) is 9.53 Å². The molecule has 5 nitrogen and oxygen atoms in total. The number of hydrogen-bond acceptors (Lipinski definition) is 5. The minimum absolute atomic E-state index is 0.108. The van der Waals surface area contributed by atoms with Crippen molar-refractivity contribution in [2.24, 2.45) is 5.10 Å². The maximum atomic E-state index is 11.9. The second kappa shape index (κ2) is 8.72. The van der Waals surface area contributed by atoms with Crippen molar-refractivity contribution in [1.29, 1.82) is 0 Å². The van der Waals surface area contributed by atoms with E-state index >= 15 is 0 Å². The van der Waals surface area contributed by atoms with E-state index in [0.29, 0.717) is 12.3 Å². The van der Waals surface area contributed by atoms with Crippen molar-refractivity contribution in [3.8, 4) is 5.75 Å². The first-order chi connectivity index (χ1) is 11.6. The van der Waals surface area contributed by atoms with Crippen LogP contribution in [0.2, 0.25) is 0 Å². The first-order valence-corrected chi connectivity index (χ1v) is 7.80. The lowest BCUT2D eigenvalue weighted by Crippen LogP contribution is -2.18. The molecule has 0 aliphatic rings. The van der Waals surface area contributed by atoms with Gasteiger partial charge >= 0.3 is 5.97 Å². The van der Waals surface area contributed by atoms with Crippen molar-refractivity contribution in [3.05, 3.63) is 60.2 Å². The maximum Gasteiger partial charge on any atom is 0.311 e. The van der Waals surface area contributed by atoms with E-state index in [2.05, 4.69) is 5.10 Å². The van der Waals surface area contributed by atoms with Gasteiger partial charge in [0.15, 0.2) is 0 Å². The molecule has 24 heavy (non-hydrogen) atoms. The van der Waals surface area contributed by atoms with Crippen LogP contribution >= 0.6 is 0 Å². The molecule has 0 N–H and O–H groups in total. The highest BCUT2D eigenvalue weighted by molar-refractivity contribution is 6.09. The molecule has 126 valence electrons. The molecule has 0 aromatic heterocycles. The second-order valence-electron chi connectivity index (χ2n) is 5.12. The number of benzene rings is 2. The van der Waals surface area contributed by atoms with Crippen molar-refractivity contribution < 1.29 is 14.3 Å². The third-order valence-corrected chi connectivity index (χ3v) is 3.44. The van der Waals surface area contributed by atoms with Gasteiger partial charge in [-0.1, -0.05) is 18.2 Å². The van der Waals surface area contributed by atoms with Crippen molar-refractivity contribution in [2.45, 2.75) is 13.3 Å². The fourth-order valence-corrected chi connectivity index (χ4v) is 2.21. The lowest BCUT2D eigenvalue weighted by molar-refractivity contribution is -0.141. The Labute approximate surface area is 142 Å². The molecular formula is C19H22N2O3. The topological polar surface area (TPSA) is 51.1 Å². The normalized spacial score (nSPS) is 11.0. The first-order valence-electron chi connectivity index (χ1n) is 7.80. The summed E-state index contributed by atoms with van der Waals surface area (Å²) in [7, 11) is 3.47. The molecular weight excluding hydrogens is 304 g/mol. The lowest BCUT2D eigenvalue weighted by atomic mass is 10.1. The second-order valence-corrected chi connectivity index (χ2v) is 5.12. The molecule has 0 aliphatic carbocycles. The number of carbonyl (C=O) groups excluding carboxylic acids is 1. The van der Waals surface area contributed by atoms with Gasteiger partial charge in [-0.3, -0.25) is 9.80 Å². The van der Waals surface area contributed by atoms with Crippen molar-refractivity contribution >= 4 is 17.4 Å².